The second-order valence-corrected chi connectivity index (χ2v) is 12.1. The van der Waals surface area contributed by atoms with Gasteiger partial charge in [0.2, 0.25) is 0 Å². The van der Waals surface area contributed by atoms with Crippen LogP contribution >= 0.6 is 0 Å². The minimum atomic E-state index is -0.818. The van der Waals surface area contributed by atoms with Crippen molar-refractivity contribution in [3.05, 3.63) is 70.3 Å². The van der Waals surface area contributed by atoms with Crippen LogP contribution in [0.15, 0.2) is 53.6 Å². The van der Waals surface area contributed by atoms with Crippen LogP contribution in [0.25, 0.3) is 33.2 Å². The number of aliphatic hydroxyl groups excluding tert-OH is 1. The smallest absolute Gasteiger partial charge is 0.261 e. The van der Waals surface area contributed by atoms with Crippen LogP contribution in [0.1, 0.15) is 43.4 Å². The lowest BCUT2D eigenvalue weighted by Crippen LogP contribution is -2.35. The third kappa shape index (κ3) is 6.59. The number of likely N-dealkylation sites (tertiary alicyclic amines) is 1. The molecule has 0 unspecified atom stereocenters. The first-order valence-electron chi connectivity index (χ1n) is 15.5. The number of Topliss-reactive ketones (excluding diaryl/α,β-unsaturated/α-hetero) is 1. The molecule has 0 aliphatic carbocycles. The summed E-state index contributed by atoms with van der Waals surface area (Å²) in [6, 6.07) is 11.6. The topological polar surface area (TPSA) is 148 Å². The molecule has 0 saturated carbocycles. The van der Waals surface area contributed by atoms with Gasteiger partial charge in [-0.25, -0.2) is 4.98 Å². The summed E-state index contributed by atoms with van der Waals surface area (Å²) < 4.78 is 7.77. The number of fused-ring (bicyclic) bond motifs is 2. The number of ketones is 1. The summed E-state index contributed by atoms with van der Waals surface area (Å²) in [4.78, 5) is 37.4. The van der Waals surface area contributed by atoms with Crippen LogP contribution < -0.4 is 15.6 Å². The number of anilines is 1. The van der Waals surface area contributed by atoms with E-state index >= 15 is 0 Å². The van der Waals surface area contributed by atoms with Crippen molar-refractivity contribution < 1.29 is 19.7 Å². The number of rotatable bonds is 11. The number of hydrogen-bond donors (Lipinski definition) is 5. The van der Waals surface area contributed by atoms with Crippen LogP contribution in [0.5, 0.6) is 11.6 Å². The van der Waals surface area contributed by atoms with Crippen LogP contribution in [0.2, 0.25) is 0 Å². The first-order chi connectivity index (χ1) is 21.7. The molecule has 1 saturated heterocycles. The fourth-order valence-electron chi connectivity index (χ4n) is 6.15. The van der Waals surface area contributed by atoms with E-state index in [9.17, 15) is 19.8 Å². The average Bonchev–Trinajstić information content (AvgIpc) is 3.57. The summed E-state index contributed by atoms with van der Waals surface area (Å²) in [6.45, 7) is 8.42. The first-order valence-corrected chi connectivity index (χ1v) is 15.5. The van der Waals surface area contributed by atoms with Gasteiger partial charge >= 0.3 is 0 Å². The molecule has 1 aliphatic heterocycles. The van der Waals surface area contributed by atoms with E-state index in [-0.39, 0.29) is 36.4 Å². The quantitative estimate of drug-likeness (QED) is 0.145. The Balaban J connectivity index is 1.17. The van der Waals surface area contributed by atoms with E-state index in [1.54, 1.807) is 19.2 Å². The maximum atomic E-state index is 13.0. The fraction of sp³-hybridized carbons (Fsp3) is 0.382. The van der Waals surface area contributed by atoms with E-state index in [2.05, 4.69) is 20.2 Å². The summed E-state index contributed by atoms with van der Waals surface area (Å²) in [7, 11) is 0. The molecule has 4 heterocycles. The van der Waals surface area contributed by atoms with E-state index in [1.807, 2.05) is 54.9 Å². The number of hydrogen-bond acceptors (Lipinski definition) is 8. The van der Waals surface area contributed by atoms with Gasteiger partial charge in [-0.15, -0.1) is 0 Å². The molecule has 5 N–H and O–H groups in total. The van der Waals surface area contributed by atoms with Crippen molar-refractivity contribution in [3.8, 4) is 23.0 Å². The number of pyridine rings is 1. The van der Waals surface area contributed by atoms with Crippen molar-refractivity contribution in [3.63, 3.8) is 0 Å². The lowest BCUT2D eigenvalue weighted by Gasteiger charge is -2.32. The monoisotopic (exact) mass is 612 g/mol. The zero-order valence-electron chi connectivity index (χ0n) is 25.9. The highest BCUT2D eigenvalue weighted by Gasteiger charge is 2.24. The molecular formula is C34H40N6O5. The van der Waals surface area contributed by atoms with Gasteiger partial charge < -0.3 is 39.7 Å². The Kier molecular flexibility index (Phi) is 8.64. The van der Waals surface area contributed by atoms with Gasteiger partial charge in [0.15, 0.2) is 5.88 Å². The number of piperidine rings is 1. The number of nitrogens with zero attached hydrogens (tertiary/aromatic N) is 3. The molecule has 236 valence electrons. The number of H-pyrrole nitrogens is 2. The van der Waals surface area contributed by atoms with Gasteiger partial charge in [0.1, 0.15) is 35.6 Å². The van der Waals surface area contributed by atoms with Gasteiger partial charge in [-0.05, 0) is 63.4 Å². The average molecular weight is 613 g/mol. The van der Waals surface area contributed by atoms with Crippen molar-refractivity contribution in [1.82, 2.24) is 24.4 Å². The number of carbonyl (C=O) groups is 1. The molecule has 2 aromatic carbocycles. The third-order valence-electron chi connectivity index (χ3n) is 8.63. The molecule has 5 aromatic rings. The molecule has 0 radical (unpaired) electrons. The van der Waals surface area contributed by atoms with Crippen LogP contribution in [0.4, 0.5) is 5.69 Å². The molecule has 0 bridgehead atoms. The second kappa shape index (κ2) is 12.8. The van der Waals surface area contributed by atoms with Crippen molar-refractivity contribution in [1.29, 1.82) is 0 Å². The number of aromatic hydroxyl groups is 1. The molecule has 11 heteroatoms. The first kappa shape index (κ1) is 30.4. The maximum Gasteiger partial charge on any atom is 0.261 e. The van der Waals surface area contributed by atoms with E-state index in [1.165, 1.54) is 0 Å². The molecule has 1 aliphatic rings. The highest BCUT2D eigenvalue weighted by Crippen LogP contribution is 2.36. The lowest BCUT2D eigenvalue weighted by molar-refractivity contribution is -0.117. The number of benzene rings is 2. The number of imidazole rings is 1. The Bertz CT molecular complexity index is 1900. The largest absolute Gasteiger partial charge is 0.494 e. The normalized spacial score (nSPS) is 15.1. The van der Waals surface area contributed by atoms with Gasteiger partial charge in [0.05, 0.1) is 16.7 Å². The predicted molar refractivity (Wildman–Crippen MR) is 175 cm³/mol. The highest BCUT2D eigenvalue weighted by molar-refractivity contribution is 5.99. The van der Waals surface area contributed by atoms with E-state index in [4.69, 9.17) is 9.72 Å². The Labute approximate surface area is 260 Å². The highest BCUT2D eigenvalue weighted by atomic mass is 16.5. The third-order valence-corrected chi connectivity index (χ3v) is 8.63. The number of aromatic nitrogens is 4. The summed E-state index contributed by atoms with van der Waals surface area (Å²) in [5, 5.41) is 26.6. The summed E-state index contributed by atoms with van der Waals surface area (Å²) in [5.41, 5.74) is 4.04. The number of carbonyl (C=O) groups excluding carboxylic acids is 1. The van der Waals surface area contributed by atoms with Crippen LogP contribution in [-0.4, -0.2) is 79.3 Å². The molecular weight excluding hydrogens is 572 g/mol. The Morgan fingerprint density at radius 3 is 2.73 bits per heavy atom. The Morgan fingerprint density at radius 2 is 1.98 bits per heavy atom. The fourth-order valence-corrected chi connectivity index (χ4v) is 6.15. The van der Waals surface area contributed by atoms with Gasteiger partial charge in [0.25, 0.3) is 5.56 Å². The van der Waals surface area contributed by atoms with Crippen LogP contribution in [-0.2, 0) is 4.79 Å². The maximum absolute atomic E-state index is 13.0. The van der Waals surface area contributed by atoms with Crippen molar-refractivity contribution in [2.24, 2.45) is 0 Å². The van der Waals surface area contributed by atoms with Gasteiger partial charge in [-0.2, -0.15) is 0 Å². The number of aromatic amines is 2. The Hall–Kier alpha value is -4.61. The second-order valence-electron chi connectivity index (χ2n) is 12.1. The van der Waals surface area contributed by atoms with Gasteiger partial charge in [0, 0.05) is 61.8 Å². The SMILES string of the molecule is CC(=O)CCN1CCC(n2cc3cc4[nH]c(-c5c(NC[C@@H](O)COc6ccc(C)cc6C)cc[nH]c5=O)nc4cc3c2O)CC1. The molecule has 3 aromatic heterocycles. The predicted octanol–water partition coefficient (Wildman–Crippen LogP) is 4.66. The molecule has 45 heavy (non-hydrogen) atoms. The van der Waals surface area contributed by atoms with Crippen molar-refractivity contribution >= 4 is 33.3 Å². The summed E-state index contributed by atoms with van der Waals surface area (Å²) in [6.07, 6.45) is 5.07. The minimum absolute atomic E-state index is 0.0953. The van der Waals surface area contributed by atoms with Gasteiger partial charge in [-0.3, -0.25) is 9.59 Å². The molecule has 6 rings (SSSR count). The van der Waals surface area contributed by atoms with E-state index < -0.39 is 6.10 Å². The van der Waals surface area contributed by atoms with Crippen LogP contribution in [0, 0.1) is 13.8 Å². The Morgan fingerprint density at radius 1 is 1.18 bits per heavy atom. The van der Waals surface area contributed by atoms with Crippen molar-refractivity contribution in [2.45, 2.75) is 52.2 Å². The van der Waals surface area contributed by atoms with E-state index in [0.717, 1.165) is 60.3 Å². The summed E-state index contributed by atoms with van der Waals surface area (Å²) in [5.74, 6) is 1.52. The molecule has 0 amide bonds. The number of ether oxygens (including phenoxy) is 1. The van der Waals surface area contributed by atoms with Crippen molar-refractivity contribution in [2.75, 3.05) is 38.1 Å². The standard InChI is InChI=1S/C34H40N6O5/c1-20-4-5-30(21(2)14-20)45-19-25(42)17-36-27-6-10-35-33(43)31(27)32-37-28-15-23-18-40(34(44)26(23)16-29(28)38-32)24-8-12-39(13-9-24)11-7-22(3)41/h4-6,10,14-16,18,24-25,42,44H,7-9,11-13,17,19H2,1-3H3,(H,37,38)(H2,35,36,43)/t25-/m1/s1. The number of aliphatic hydroxyl groups is 1. The molecule has 11 nitrogen and oxygen atoms in total. The zero-order valence-corrected chi connectivity index (χ0v) is 25.9. The molecule has 0 spiro atoms. The zero-order chi connectivity index (χ0) is 31.7. The lowest BCUT2D eigenvalue weighted by atomic mass is 10.0. The molecule has 1 atom stereocenters. The van der Waals surface area contributed by atoms with E-state index in [0.29, 0.717) is 34.4 Å². The van der Waals surface area contributed by atoms with Crippen LogP contribution in [0.3, 0.4) is 0 Å². The number of aryl methyl sites for hydroxylation is 2. The molecule has 1 fully saturated rings. The number of nitrogens with one attached hydrogen (secondary N) is 3. The van der Waals surface area contributed by atoms with Gasteiger partial charge in [-0.1, -0.05) is 17.7 Å². The summed E-state index contributed by atoms with van der Waals surface area (Å²) >= 11 is 0. The minimum Gasteiger partial charge on any atom is -0.494 e.